The SMILES string of the molecule is Cn1cc(-c2ccccc2)cc1-c1cccc(-c2cc(-c3ccccc3)cn2C)c1. The first-order chi connectivity index (χ1) is 14.7. The normalized spacial score (nSPS) is 11.0. The highest BCUT2D eigenvalue weighted by Gasteiger charge is 2.11. The molecule has 0 N–H and O–H groups in total. The van der Waals surface area contributed by atoms with Crippen molar-refractivity contribution in [2.75, 3.05) is 0 Å². The third kappa shape index (κ3) is 3.37. The van der Waals surface area contributed by atoms with Gasteiger partial charge in [-0.2, -0.15) is 0 Å². The van der Waals surface area contributed by atoms with E-state index in [-0.39, 0.29) is 0 Å². The van der Waals surface area contributed by atoms with Crippen LogP contribution in [0, 0.1) is 0 Å². The summed E-state index contributed by atoms with van der Waals surface area (Å²) in [6, 6.07) is 34.4. The van der Waals surface area contributed by atoms with Crippen LogP contribution in [0.4, 0.5) is 0 Å². The van der Waals surface area contributed by atoms with Crippen LogP contribution < -0.4 is 0 Å². The third-order valence-electron chi connectivity index (χ3n) is 5.68. The summed E-state index contributed by atoms with van der Waals surface area (Å²) in [5.74, 6) is 0. The van der Waals surface area contributed by atoms with Gasteiger partial charge < -0.3 is 9.13 Å². The molecule has 30 heavy (non-hydrogen) atoms. The highest BCUT2D eigenvalue weighted by Crippen LogP contribution is 2.32. The van der Waals surface area contributed by atoms with E-state index in [2.05, 4.69) is 133 Å². The van der Waals surface area contributed by atoms with Crippen LogP contribution in [0.15, 0.2) is 109 Å². The molecular formula is C28H24N2. The van der Waals surface area contributed by atoms with Gasteiger partial charge in [-0.05, 0) is 51.6 Å². The number of hydrogen-bond acceptors (Lipinski definition) is 0. The molecular weight excluding hydrogens is 364 g/mol. The van der Waals surface area contributed by atoms with E-state index in [9.17, 15) is 0 Å². The van der Waals surface area contributed by atoms with Crippen LogP contribution in [0.3, 0.4) is 0 Å². The maximum Gasteiger partial charge on any atom is 0.0484 e. The van der Waals surface area contributed by atoms with Gasteiger partial charge >= 0.3 is 0 Å². The van der Waals surface area contributed by atoms with Gasteiger partial charge in [0.15, 0.2) is 0 Å². The fraction of sp³-hybridized carbons (Fsp3) is 0.0714. The van der Waals surface area contributed by atoms with Crippen molar-refractivity contribution >= 4 is 0 Å². The average molecular weight is 389 g/mol. The predicted molar refractivity (Wildman–Crippen MR) is 126 cm³/mol. The molecule has 5 aromatic rings. The van der Waals surface area contributed by atoms with Crippen molar-refractivity contribution in [2.45, 2.75) is 0 Å². The molecule has 5 rings (SSSR count). The largest absolute Gasteiger partial charge is 0.350 e. The number of aromatic nitrogens is 2. The van der Waals surface area contributed by atoms with E-state index in [4.69, 9.17) is 0 Å². The van der Waals surface area contributed by atoms with Crippen molar-refractivity contribution < 1.29 is 0 Å². The van der Waals surface area contributed by atoms with Crippen LogP contribution in [0.25, 0.3) is 44.8 Å². The molecule has 0 bridgehead atoms. The van der Waals surface area contributed by atoms with Gasteiger partial charge in [-0.15, -0.1) is 0 Å². The van der Waals surface area contributed by atoms with Gasteiger partial charge in [0.2, 0.25) is 0 Å². The molecule has 2 heterocycles. The quantitative estimate of drug-likeness (QED) is 0.313. The van der Waals surface area contributed by atoms with E-state index in [1.165, 1.54) is 44.8 Å². The minimum absolute atomic E-state index is 1.22. The summed E-state index contributed by atoms with van der Waals surface area (Å²) in [6.07, 6.45) is 4.40. The van der Waals surface area contributed by atoms with E-state index in [0.717, 1.165) is 0 Å². The molecule has 2 aromatic heterocycles. The van der Waals surface area contributed by atoms with Crippen LogP contribution in [0.5, 0.6) is 0 Å². The van der Waals surface area contributed by atoms with Gasteiger partial charge in [-0.1, -0.05) is 78.9 Å². The smallest absolute Gasteiger partial charge is 0.0484 e. The lowest BCUT2D eigenvalue weighted by atomic mass is 10.0. The maximum absolute atomic E-state index is 2.29. The molecule has 0 aliphatic heterocycles. The molecule has 2 heteroatoms. The Balaban J connectivity index is 1.53. The highest BCUT2D eigenvalue weighted by atomic mass is 14.9. The van der Waals surface area contributed by atoms with Crippen molar-refractivity contribution in [3.8, 4) is 44.8 Å². The Bertz CT molecular complexity index is 1190. The number of nitrogens with zero attached hydrogens (tertiary/aromatic N) is 2. The molecule has 0 saturated heterocycles. The summed E-state index contributed by atoms with van der Waals surface area (Å²) in [6.45, 7) is 0. The van der Waals surface area contributed by atoms with E-state index < -0.39 is 0 Å². The van der Waals surface area contributed by atoms with Crippen molar-refractivity contribution in [1.29, 1.82) is 0 Å². The highest BCUT2D eigenvalue weighted by molar-refractivity contribution is 5.77. The standard InChI is InChI=1S/C28H24N2/c1-29-19-25(21-10-5-3-6-11-21)17-27(29)23-14-9-15-24(16-23)28-18-26(20-30(28)2)22-12-7-4-8-13-22/h3-20H,1-2H3. The Hall–Kier alpha value is -3.78. The molecule has 0 fully saturated rings. The minimum Gasteiger partial charge on any atom is -0.350 e. The molecule has 0 saturated carbocycles. The summed E-state index contributed by atoms with van der Waals surface area (Å²) in [5, 5.41) is 0. The second kappa shape index (κ2) is 7.57. The van der Waals surface area contributed by atoms with Crippen LogP contribution in [0.1, 0.15) is 0 Å². The summed E-state index contributed by atoms with van der Waals surface area (Å²) in [4.78, 5) is 0. The van der Waals surface area contributed by atoms with Crippen LogP contribution in [-0.4, -0.2) is 9.13 Å². The molecule has 0 aliphatic carbocycles. The van der Waals surface area contributed by atoms with Gasteiger partial charge in [-0.25, -0.2) is 0 Å². The summed E-state index contributed by atoms with van der Waals surface area (Å²) in [5.41, 5.74) is 9.84. The van der Waals surface area contributed by atoms with Gasteiger partial charge in [-0.3, -0.25) is 0 Å². The molecule has 146 valence electrons. The number of rotatable bonds is 4. The number of benzene rings is 3. The molecule has 0 atom stereocenters. The Morgan fingerprint density at radius 1 is 0.400 bits per heavy atom. The molecule has 0 spiro atoms. The van der Waals surface area contributed by atoms with E-state index in [1.807, 2.05) is 0 Å². The minimum atomic E-state index is 1.22. The van der Waals surface area contributed by atoms with Gasteiger partial charge in [0.1, 0.15) is 0 Å². The van der Waals surface area contributed by atoms with Gasteiger partial charge in [0, 0.05) is 37.9 Å². The van der Waals surface area contributed by atoms with Gasteiger partial charge in [0.25, 0.3) is 0 Å². The van der Waals surface area contributed by atoms with Crippen LogP contribution in [-0.2, 0) is 14.1 Å². The zero-order valence-electron chi connectivity index (χ0n) is 17.3. The first-order valence-electron chi connectivity index (χ1n) is 10.2. The summed E-state index contributed by atoms with van der Waals surface area (Å²) in [7, 11) is 4.23. The molecule has 3 aromatic carbocycles. The second-order valence-electron chi connectivity index (χ2n) is 7.76. The molecule has 0 amide bonds. The first-order valence-corrected chi connectivity index (χ1v) is 10.2. The van der Waals surface area contributed by atoms with Crippen molar-refractivity contribution in [3.05, 3.63) is 109 Å². The summed E-state index contributed by atoms with van der Waals surface area (Å²) >= 11 is 0. The number of aryl methyl sites for hydroxylation is 2. The lowest BCUT2D eigenvalue weighted by Crippen LogP contribution is -1.92. The van der Waals surface area contributed by atoms with Crippen molar-refractivity contribution in [3.63, 3.8) is 0 Å². The predicted octanol–water partition coefficient (Wildman–Crippen LogP) is 7.03. The summed E-state index contributed by atoms with van der Waals surface area (Å²) < 4.78 is 4.42. The third-order valence-corrected chi connectivity index (χ3v) is 5.68. The van der Waals surface area contributed by atoms with Crippen molar-refractivity contribution in [1.82, 2.24) is 9.13 Å². The molecule has 0 radical (unpaired) electrons. The molecule has 2 nitrogen and oxygen atoms in total. The monoisotopic (exact) mass is 388 g/mol. The molecule has 0 unspecified atom stereocenters. The Morgan fingerprint density at radius 2 is 0.800 bits per heavy atom. The second-order valence-corrected chi connectivity index (χ2v) is 7.76. The Morgan fingerprint density at radius 3 is 1.23 bits per heavy atom. The first kappa shape index (κ1) is 18.3. The fourth-order valence-corrected chi connectivity index (χ4v) is 4.12. The average Bonchev–Trinajstić information content (AvgIpc) is 3.38. The van der Waals surface area contributed by atoms with E-state index in [0.29, 0.717) is 0 Å². The zero-order chi connectivity index (χ0) is 20.5. The van der Waals surface area contributed by atoms with Crippen LogP contribution in [0.2, 0.25) is 0 Å². The van der Waals surface area contributed by atoms with Crippen molar-refractivity contribution in [2.24, 2.45) is 14.1 Å². The van der Waals surface area contributed by atoms with E-state index >= 15 is 0 Å². The molecule has 0 aliphatic rings. The lowest BCUT2D eigenvalue weighted by molar-refractivity contribution is 0.934. The fourth-order valence-electron chi connectivity index (χ4n) is 4.12. The maximum atomic E-state index is 2.29. The van der Waals surface area contributed by atoms with Gasteiger partial charge in [0.05, 0.1) is 0 Å². The Kier molecular flexibility index (Phi) is 4.61. The van der Waals surface area contributed by atoms with Crippen LogP contribution >= 0.6 is 0 Å². The zero-order valence-corrected chi connectivity index (χ0v) is 17.3. The van der Waals surface area contributed by atoms with E-state index in [1.54, 1.807) is 0 Å². The Labute approximate surface area is 177 Å². The topological polar surface area (TPSA) is 9.86 Å². The number of hydrogen-bond donors (Lipinski definition) is 0. The lowest BCUT2D eigenvalue weighted by Gasteiger charge is -2.07.